The molecule has 31 heavy (non-hydrogen) atoms. The van der Waals surface area contributed by atoms with E-state index in [9.17, 15) is 18.0 Å². The van der Waals surface area contributed by atoms with E-state index in [-0.39, 0.29) is 24.5 Å². The van der Waals surface area contributed by atoms with Gasteiger partial charge < -0.3 is 5.32 Å². The van der Waals surface area contributed by atoms with Crippen LogP contribution in [-0.4, -0.2) is 25.5 Å². The topological polar surface area (TPSA) is 64.7 Å². The van der Waals surface area contributed by atoms with Crippen molar-refractivity contribution in [1.29, 1.82) is 0 Å². The minimum atomic E-state index is -4.67. The zero-order chi connectivity index (χ0) is 22.9. The summed E-state index contributed by atoms with van der Waals surface area (Å²) in [5, 5.41) is 10.9. The molecule has 2 heterocycles. The van der Waals surface area contributed by atoms with E-state index in [1.807, 2.05) is 0 Å². The van der Waals surface area contributed by atoms with E-state index in [0.717, 1.165) is 10.2 Å². The van der Waals surface area contributed by atoms with Crippen molar-refractivity contribution < 1.29 is 18.0 Å². The summed E-state index contributed by atoms with van der Waals surface area (Å²) < 4.78 is 41.9. The number of carbonyl (C=O) groups is 1. The molecule has 3 aromatic rings. The third-order valence-corrected chi connectivity index (χ3v) is 5.89. The Labute approximate surface area is 198 Å². The summed E-state index contributed by atoms with van der Waals surface area (Å²) >= 11 is 21.1. The predicted octanol–water partition coefficient (Wildman–Crippen LogP) is 6.21. The first-order chi connectivity index (χ1) is 14.5. The number of nitrogens with zero attached hydrogens (tertiary/aromatic N) is 4. The zero-order valence-corrected chi connectivity index (χ0v) is 19.6. The third kappa shape index (κ3) is 5.74. The Kier molecular flexibility index (Phi) is 7.25. The van der Waals surface area contributed by atoms with Gasteiger partial charge in [-0.2, -0.15) is 23.4 Å². The number of rotatable bonds is 6. The second-order valence-electron chi connectivity index (χ2n) is 6.53. The normalized spacial score (nSPS) is 11.7. The molecule has 166 valence electrons. The fourth-order valence-corrected chi connectivity index (χ4v) is 3.84. The van der Waals surface area contributed by atoms with Crippen molar-refractivity contribution in [2.24, 2.45) is 0 Å². The second kappa shape index (κ2) is 9.40. The summed E-state index contributed by atoms with van der Waals surface area (Å²) in [4.78, 5) is 12.3. The van der Waals surface area contributed by atoms with Crippen molar-refractivity contribution in [3.63, 3.8) is 0 Å². The molecular weight excluding hydrogens is 545 g/mol. The Morgan fingerprint density at radius 2 is 1.94 bits per heavy atom. The van der Waals surface area contributed by atoms with E-state index in [1.54, 1.807) is 29.1 Å². The largest absolute Gasteiger partial charge is 0.436 e. The molecule has 1 aromatic carbocycles. The molecule has 0 aliphatic heterocycles. The SMILES string of the molecule is Cc1c(Cl)c(C(F)(F)F)nn1CCC(=O)Nc1nn(Cc2ccc(Cl)cc2Cl)cc1Br. The lowest BCUT2D eigenvalue weighted by Gasteiger charge is -2.06. The summed E-state index contributed by atoms with van der Waals surface area (Å²) in [6.45, 7) is 1.67. The summed E-state index contributed by atoms with van der Waals surface area (Å²) in [5.74, 6) is -0.184. The number of benzene rings is 1. The number of aryl methyl sites for hydroxylation is 1. The van der Waals surface area contributed by atoms with Gasteiger partial charge in [-0.1, -0.05) is 40.9 Å². The van der Waals surface area contributed by atoms with Gasteiger partial charge in [0, 0.05) is 22.7 Å². The molecule has 0 atom stereocenters. The summed E-state index contributed by atoms with van der Waals surface area (Å²) in [6.07, 6.45) is -3.13. The van der Waals surface area contributed by atoms with Crippen molar-refractivity contribution in [2.45, 2.75) is 32.6 Å². The number of nitrogens with one attached hydrogen (secondary N) is 1. The molecule has 0 bridgehead atoms. The minimum Gasteiger partial charge on any atom is -0.308 e. The summed E-state index contributed by atoms with van der Waals surface area (Å²) in [5.41, 5.74) is -0.257. The molecule has 0 radical (unpaired) electrons. The number of alkyl halides is 3. The van der Waals surface area contributed by atoms with Gasteiger partial charge in [-0.05, 0) is 40.5 Å². The maximum atomic E-state index is 12.9. The number of halogens is 7. The van der Waals surface area contributed by atoms with Crippen LogP contribution in [0.15, 0.2) is 28.9 Å². The van der Waals surface area contributed by atoms with Crippen LogP contribution >= 0.6 is 50.7 Å². The summed E-state index contributed by atoms with van der Waals surface area (Å²) in [6, 6.07) is 5.09. The van der Waals surface area contributed by atoms with Gasteiger partial charge in [0.1, 0.15) is 0 Å². The maximum absolute atomic E-state index is 12.9. The van der Waals surface area contributed by atoms with Gasteiger partial charge in [-0.15, -0.1) is 0 Å². The second-order valence-corrected chi connectivity index (χ2v) is 8.60. The Bertz CT molecular complexity index is 1130. The first-order valence-electron chi connectivity index (χ1n) is 8.72. The summed E-state index contributed by atoms with van der Waals surface area (Å²) in [7, 11) is 0. The standard InChI is InChI=1S/C18H14BrCl3F3N5O/c1-9-15(22)16(18(23,24)25)27-30(9)5-4-14(31)26-17-12(19)8-29(28-17)7-10-2-3-11(20)6-13(10)21/h2-3,6,8H,4-5,7H2,1H3,(H,26,28,31). The smallest absolute Gasteiger partial charge is 0.308 e. The van der Waals surface area contributed by atoms with E-state index >= 15 is 0 Å². The average molecular weight is 560 g/mol. The van der Waals surface area contributed by atoms with Crippen LogP contribution in [0.5, 0.6) is 0 Å². The number of hydrogen-bond donors (Lipinski definition) is 1. The lowest BCUT2D eigenvalue weighted by Crippen LogP contribution is -2.17. The van der Waals surface area contributed by atoms with Crippen LogP contribution in [0, 0.1) is 6.92 Å². The number of carbonyl (C=O) groups excluding carboxylic acids is 1. The number of hydrogen-bond acceptors (Lipinski definition) is 3. The van der Waals surface area contributed by atoms with Gasteiger partial charge in [0.05, 0.1) is 28.3 Å². The van der Waals surface area contributed by atoms with Crippen LogP contribution < -0.4 is 5.32 Å². The molecule has 1 N–H and O–H groups in total. The Morgan fingerprint density at radius 1 is 1.23 bits per heavy atom. The van der Waals surface area contributed by atoms with Crippen molar-refractivity contribution in [3.05, 3.63) is 60.9 Å². The van der Waals surface area contributed by atoms with Crippen LogP contribution in [0.4, 0.5) is 19.0 Å². The van der Waals surface area contributed by atoms with Gasteiger partial charge in [-0.25, -0.2) is 0 Å². The van der Waals surface area contributed by atoms with Gasteiger partial charge in [0.25, 0.3) is 0 Å². The van der Waals surface area contributed by atoms with Crippen molar-refractivity contribution in [1.82, 2.24) is 19.6 Å². The predicted molar refractivity (Wildman–Crippen MR) is 116 cm³/mol. The number of aromatic nitrogens is 4. The van der Waals surface area contributed by atoms with E-state index in [1.165, 1.54) is 6.92 Å². The molecular formula is C18H14BrCl3F3N5O. The molecule has 0 aliphatic carbocycles. The van der Waals surface area contributed by atoms with Gasteiger partial charge in [0.2, 0.25) is 5.91 Å². The van der Waals surface area contributed by atoms with Crippen LogP contribution in [0.1, 0.15) is 23.4 Å². The Hall–Kier alpha value is -1.75. The minimum absolute atomic E-state index is 0.0772. The van der Waals surface area contributed by atoms with E-state index < -0.39 is 22.8 Å². The van der Waals surface area contributed by atoms with Crippen LogP contribution in [0.3, 0.4) is 0 Å². The van der Waals surface area contributed by atoms with Crippen molar-refractivity contribution >= 4 is 62.5 Å². The van der Waals surface area contributed by atoms with Crippen molar-refractivity contribution in [2.75, 3.05) is 5.32 Å². The van der Waals surface area contributed by atoms with E-state index in [4.69, 9.17) is 34.8 Å². The van der Waals surface area contributed by atoms with Crippen molar-refractivity contribution in [3.8, 4) is 0 Å². The Morgan fingerprint density at radius 3 is 2.55 bits per heavy atom. The highest BCUT2D eigenvalue weighted by atomic mass is 79.9. The molecule has 0 saturated carbocycles. The fourth-order valence-electron chi connectivity index (χ4n) is 2.71. The van der Waals surface area contributed by atoms with Crippen LogP contribution in [0.25, 0.3) is 0 Å². The lowest BCUT2D eigenvalue weighted by molar-refractivity contribution is -0.141. The average Bonchev–Trinajstić information content (AvgIpc) is 3.15. The molecule has 0 unspecified atom stereocenters. The van der Waals surface area contributed by atoms with Gasteiger partial charge >= 0.3 is 6.18 Å². The molecule has 0 aliphatic rings. The molecule has 6 nitrogen and oxygen atoms in total. The molecule has 3 rings (SSSR count). The highest BCUT2D eigenvalue weighted by molar-refractivity contribution is 9.10. The molecule has 2 aromatic heterocycles. The fraction of sp³-hybridized carbons (Fsp3) is 0.278. The molecule has 0 fully saturated rings. The molecule has 0 saturated heterocycles. The highest BCUT2D eigenvalue weighted by Crippen LogP contribution is 2.35. The molecule has 0 spiro atoms. The number of anilines is 1. The quantitative estimate of drug-likeness (QED) is 0.391. The Balaban J connectivity index is 1.64. The number of amides is 1. The van der Waals surface area contributed by atoms with Gasteiger partial charge in [0.15, 0.2) is 11.5 Å². The maximum Gasteiger partial charge on any atom is 0.436 e. The molecule has 1 amide bonds. The van der Waals surface area contributed by atoms with E-state index in [0.29, 0.717) is 21.1 Å². The molecule has 13 heteroatoms. The first kappa shape index (κ1) is 23.9. The zero-order valence-electron chi connectivity index (χ0n) is 15.8. The highest BCUT2D eigenvalue weighted by Gasteiger charge is 2.38. The van der Waals surface area contributed by atoms with Crippen LogP contribution in [0.2, 0.25) is 15.1 Å². The monoisotopic (exact) mass is 557 g/mol. The van der Waals surface area contributed by atoms with E-state index in [2.05, 4.69) is 31.4 Å². The first-order valence-corrected chi connectivity index (χ1v) is 10.6. The third-order valence-electron chi connectivity index (χ3n) is 4.27. The van der Waals surface area contributed by atoms with Crippen LogP contribution in [-0.2, 0) is 24.1 Å². The lowest BCUT2D eigenvalue weighted by atomic mass is 10.2. The van der Waals surface area contributed by atoms with Gasteiger partial charge in [-0.3, -0.25) is 14.2 Å².